The molecule has 0 aliphatic rings. The highest BCUT2D eigenvalue weighted by Crippen LogP contribution is 1.88. The fourth-order valence-electron chi connectivity index (χ4n) is 0.233. The monoisotopic (exact) mass is 113 g/mol. The van der Waals surface area contributed by atoms with Crippen molar-refractivity contribution in [3.63, 3.8) is 0 Å². The second-order valence-electron chi connectivity index (χ2n) is 1.32. The Morgan fingerprint density at radius 1 is 1.75 bits per heavy atom. The molecule has 0 rings (SSSR count). The molecule has 0 heterocycles. The van der Waals surface area contributed by atoms with Crippen molar-refractivity contribution in [1.82, 2.24) is 0 Å². The van der Waals surface area contributed by atoms with Crippen LogP contribution in [0, 0.1) is 6.92 Å². The zero-order valence-corrected chi connectivity index (χ0v) is 4.94. The summed E-state index contributed by atoms with van der Waals surface area (Å²) < 4.78 is 4.50. The van der Waals surface area contributed by atoms with Gasteiger partial charge in [0.15, 0.2) is 0 Å². The number of rotatable bonds is 2. The van der Waals surface area contributed by atoms with Crippen LogP contribution in [0.3, 0.4) is 0 Å². The Morgan fingerprint density at radius 2 is 2.25 bits per heavy atom. The lowest BCUT2D eigenvalue weighted by Gasteiger charge is -1.96. The molecular formula is C6H9O2. The quantitative estimate of drug-likeness (QED) is 0.393. The van der Waals surface area contributed by atoms with Crippen LogP contribution >= 0.6 is 0 Å². The van der Waals surface area contributed by atoms with Crippen molar-refractivity contribution in [3.8, 4) is 0 Å². The van der Waals surface area contributed by atoms with Crippen molar-refractivity contribution < 1.29 is 9.53 Å². The van der Waals surface area contributed by atoms with Crippen LogP contribution in [0.4, 0.5) is 0 Å². The van der Waals surface area contributed by atoms with Crippen LogP contribution in [0.5, 0.6) is 0 Å². The minimum atomic E-state index is -0.424. The standard InChI is InChI=1S/C6H9O2/c1-4-8-6(7)5(2)3/h2-4H2,1H3. The van der Waals surface area contributed by atoms with Crippen molar-refractivity contribution in [1.29, 1.82) is 0 Å². The Hall–Kier alpha value is -0.790. The molecule has 0 aliphatic carbocycles. The molecule has 0 bridgehead atoms. The highest BCUT2D eigenvalue weighted by molar-refractivity contribution is 5.88. The van der Waals surface area contributed by atoms with E-state index in [0.717, 1.165) is 0 Å². The van der Waals surface area contributed by atoms with Crippen LogP contribution < -0.4 is 0 Å². The summed E-state index contributed by atoms with van der Waals surface area (Å²) in [5.41, 5.74) is 0.201. The summed E-state index contributed by atoms with van der Waals surface area (Å²) in [5.74, 6) is -0.424. The lowest BCUT2D eigenvalue weighted by molar-refractivity contribution is -0.138. The van der Waals surface area contributed by atoms with Gasteiger partial charge in [0.05, 0.1) is 6.61 Å². The van der Waals surface area contributed by atoms with E-state index in [-0.39, 0.29) is 5.57 Å². The molecule has 2 nitrogen and oxygen atoms in total. The molecule has 8 heavy (non-hydrogen) atoms. The van der Waals surface area contributed by atoms with Gasteiger partial charge in [-0.2, -0.15) is 0 Å². The lowest BCUT2D eigenvalue weighted by atomic mass is 10.4. The van der Waals surface area contributed by atoms with Crippen LogP contribution in [0.25, 0.3) is 0 Å². The fraction of sp³-hybridized carbons (Fsp3) is 0.333. The first-order valence-corrected chi connectivity index (χ1v) is 2.36. The molecule has 0 fully saturated rings. The minimum Gasteiger partial charge on any atom is -0.463 e. The Morgan fingerprint density at radius 3 is 2.38 bits per heavy atom. The van der Waals surface area contributed by atoms with E-state index >= 15 is 0 Å². The fourth-order valence-corrected chi connectivity index (χ4v) is 0.233. The second kappa shape index (κ2) is 3.24. The van der Waals surface area contributed by atoms with E-state index < -0.39 is 5.97 Å². The normalized spacial score (nSPS) is 8.25. The molecule has 0 unspecified atom stereocenters. The Bertz CT molecular complexity index is 105. The zero-order chi connectivity index (χ0) is 6.57. The first-order chi connectivity index (χ1) is 3.68. The van der Waals surface area contributed by atoms with Gasteiger partial charge < -0.3 is 4.74 Å². The summed E-state index contributed by atoms with van der Waals surface area (Å²) in [7, 11) is 0. The lowest BCUT2D eigenvalue weighted by Crippen LogP contribution is -2.03. The molecule has 0 spiro atoms. The van der Waals surface area contributed by atoms with Gasteiger partial charge in [-0.15, -0.1) is 0 Å². The number of hydrogen-bond donors (Lipinski definition) is 0. The topological polar surface area (TPSA) is 26.3 Å². The molecule has 1 radical (unpaired) electrons. The Balaban J connectivity index is 3.49. The molecule has 0 aliphatic heterocycles. The molecule has 0 aromatic carbocycles. The molecule has 2 heteroatoms. The van der Waals surface area contributed by atoms with E-state index in [1.165, 1.54) is 0 Å². The Kier molecular flexibility index (Phi) is 2.92. The van der Waals surface area contributed by atoms with E-state index in [4.69, 9.17) is 0 Å². The molecule has 0 saturated heterocycles. The number of carbonyl (C=O) groups excluding carboxylic acids is 1. The average molecular weight is 113 g/mol. The Labute approximate surface area is 49.1 Å². The summed E-state index contributed by atoms with van der Waals surface area (Å²) in [5, 5.41) is 0. The van der Waals surface area contributed by atoms with Gasteiger partial charge in [0.2, 0.25) is 0 Å². The van der Waals surface area contributed by atoms with Gasteiger partial charge in [-0.25, -0.2) is 4.79 Å². The molecule has 0 saturated carbocycles. The van der Waals surface area contributed by atoms with Crippen molar-refractivity contribution in [3.05, 3.63) is 19.1 Å². The minimum absolute atomic E-state index is 0.201. The van der Waals surface area contributed by atoms with Gasteiger partial charge >= 0.3 is 5.97 Å². The van der Waals surface area contributed by atoms with Gasteiger partial charge in [-0.3, -0.25) is 0 Å². The van der Waals surface area contributed by atoms with Gasteiger partial charge in [-0.05, 0) is 13.8 Å². The van der Waals surface area contributed by atoms with Crippen LogP contribution in [0.15, 0.2) is 12.2 Å². The van der Waals surface area contributed by atoms with Crippen LogP contribution in [-0.4, -0.2) is 12.6 Å². The third kappa shape index (κ3) is 2.39. The molecule has 45 valence electrons. The first kappa shape index (κ1) is 7.21. The molecule has 0 atom stereocenters. The van der Waals surface area contributed by atoms with E-state index in [2.05, 4.69) is 18.2 Å². The molecule has 0 aromatic heterocycles. The summed E-state index contributed by atoms with van der Waals surface area (Å²) in [6.45, 7) is 8.70. The van der Waals surface area contributed by atoms with Crippen LogP contribution in [0.2, 0.25) is 0 Å². The zero-order valence-electron chi connectivity index (χ0n) is 4.94. The van der Waals surface area contributed by atoms with Crippen molar-refractivity contribution in [2.24, 2.45) is 0 Å². The molecule has 0 aromatic rings. The maximum Gasteiger partial charge on any atom is 0.333 e. The van der Waals surface area contributed by atoms with Crippen molar-refractivity contribution >= 4 is 5.97 Å². The van der Waals surface area contributed by atoms with Crippen molar-refractivity contribution in [2.45, 2.75) is 6.92 Å². The molecule has 0 amide bonds. The SMILES string of the molecule is [CH2]C(=C)C(=O)OCC. The summed E-state index contributed by atoms with van der Waals surface area (Å²) in [4.78, 5) is 10.4. The number of hydrogen-bond acceptors (Lipinski definition) is 2. The van der Waals surface area contributed by atoms with Crippen molar-refractivity contribution in [2.75, 3.05) is 6.61 Å². The summed E-state index contributed by atoms with van der Waals surface area (Å²) in [6.07, 6.45) is 0. The van der Waals surface area contributed by atoms with E-state index in [9.17, 15) is 4.79 Å². The smallest absolute Gasteiger partial charge is 0.333 e. The van der Waals surface area contributed by atoms with Gasteiger partial charge in [0, 0.05) is 5.57 Å². The first-order valence-electron chi connectivity index (χ1n) is 2.36. The number of esters is 1. The highest BCUT2D eigenvalue weighted by atomic mass is 16.5. The van der Waals surface area contributed by atoms with Crippen LogP contribution in [-0.2, 0) is 9.53 Å². The highest BCUT2D eigenvalue weighted by Gasteiger charge is 1.98. The maximum absolute atomic E-state index is 10.4. The largest absolute Gasteiger partial charge is 0.463 e. The van der Waals surface area contributed by atoms with Gasteiger partial charge in [-0.1, -0.05) is 6.58 Å². The maximum atomic E-state index is 10.4. The number of ether oxygens (including phenoxy) is 1. The predicted octanol–water partition coefficient (Wildman–Crippen LogP) is 0.940. The number of carbonyl (C=O) groups is 1. The second-order valence-corrected chi connectivity index (χ2v) is 1.32. The molecule has 0 N–H and O–H groups in total. The third-order valence-electron chi connectivity index (χ3n) is 0.564. The van der Waals surface area contributed by atoms with Gasteiger partial charge in [0.25, 0.3) is 0 Å². The summed E-state index contributed by atoms with van der Waals surface area (Å²) in [6, 6.07) is 0. The van der Waals surface area contributed by atoms with Crippen LogP contribution in [0.1, 0.15) is 6.92 Å². The average Bonchev–Trinajstić information content (AvgIpc) is 1.67. The predicted molar refractivity (Wildman–Crippen MR) is 31.1 cm³/mol. The third-order valence-corrected chi connectivity index (χ3v) is 0.564. The summed E-state index contributed by atoms with van der Waals surface area (Å²) >= 11 is 0. The van der Waals surface area contributed by atoms with E-state index in [1.54, 1.807) is 6.92 Å². The van der Waals surface area contributed by atoms with E-state index in [0.29, 0.717) is 6.61 Å². The van der Waals surface area contributed by atoms with Gasteiger partial charge in [0.1, 0.15) is 0 Å². The molecular weight excluding hydrogens is 104 g/mol. The van der Waals surface area contributed by atoms with E-state index in [1.807, 2.05) is 0 Å².